The van der Waals surface area contributed by atoms with Gasteiger partial charge in [0.05, 0.1) is 12.7 Å². The molecule has 3 heteroatoms. The molecule has 0 aliphatic rings. The lowest BCUT2D eigenvalue weighted by molar-refractivity contribution is -0.681. The zero-order valence-electron chi connectivity index (χ0n) is 9.54. The molecule has 2 N–H and O–H groups in total. The summed E-state index contributed by atoms with van der Waals surface area (Å²) in [6.45, 7) is 0.612. The lowest BCUT2D eigenvalue weighted by Gasteiger charge is -2.02. The Hall–Kier alpha value is -2.16. The Morgan fingerprint density at radius 2 is 1.76 bits per heavy atom. The number of hydrogen-bond donors (Lipinski definition) is 1. The number of carbonyl (C=O) groups is 1. The molecule has 2 rings (SSSR count). The van der Waals surface area contributed by atoms with E-state index in [0.29, 0.717) is 18.8 Å². The molecule has 0 atom stereocenters. The first-order valence-electron chi connectivity index (χ1n) is 5.59. The highest BCUT2D eigenvalue weighted by molar-refractivity contribution is 5.95. The Labute approximate surface area is 101 Å². The summed E-state index contributed by atoms with van der Waals surface area (Å²) in [5, 5.41) is 0. The molecule has 0 spiro atoms. The van der Waals surface area contributed by atoms with Crippen LogP contribution in [0.5, 0.6) is 0 Å². The minimum Gasteiger partial charge on any atom is -0.294 e. The molecule has 0 saturated heterocycles. The van der Waals surface area contributed by atoms with Gasteiger partial charge in [0, 0.05) is 18.1 Å². The summed E-state index contributed by atoms with van der Waals surface area (Å²) in [5.41, 5.74) is 6.55. The van der Waals surface area contributed by atoms with Crippen LogP contribution in [0.25, 0.3) is 0 Å². The number of nitrogens with zero attached hydrogens (tertiary/aromatic N) is 1. The van der Waals surface area contributed by atoms with Crippen molar-refractivity contribution in [2.75, 3.05) is 5.73 Å². The van der Waals surface area contributed by atoms with Crippen LogP contribution in [0.2, 0.25) is 0 Å². The van der Waals surface area contributed by atoms with Crippen molar-refractivity contribution in [1.29, 1.82) is 0 Å². The number of aromatic nitrogens is 1. The van der Waals surface area contributed by atoms with Crippen LogP contribution in [-0.2, 0) is 6.54 Å². The zero-order chi connectivity index (χ0) is 12.1. The largest absolute Gasteiger partial charge is 0.294 e. The van der Waals surface area contributed by atoms with Crippen LogP contribution in [0.4, 0.5) is 5.82 Å². The third-order valence-corrected chi connectivity index (χ3v) is 2.65. The van der Waals surface area contributed by atoms with Gasteiger partial charge in [-0.15, -0.1) is 0 Å². The van der Waals surface area contributed by atoms with Gasteiger partial charge in [-0.1, -0.05) is 36.4 Å². The Bertz CT molecular complexity index is 509. The first-order valence-corrected chi connectivity index (χ1v) is 5.59. The lowest BCUT2D eigenvalue weighted by atomic mass is 10.1. The molecular weight excluding hydrogens is 212 g/mol. The number of pyridine rings is 1. The Morgan fingerprint density at radius 1 is 1.06 bits per heavy atom. The van der Waals surface area contributed by atoms with Crippen LogP contribution in [0.3, 0.4) is 0 Å². The summed E-state index contributed by atoms with van der Waals surface area (Å²) in [6.07, 6.45) is 2.34. The molecule has 0 unspecified atom stereocenters. The molecule has 0 fully saturated rings. The van der Waals surface area contributed by atoms with Crippen molar-refractivity contribution in [3.63, 3.8) is 0 Å². The maximum atomic E-state index is 11.9. The average molecular weight is 227 g/mol. The smallest absolute Gasteiger partial charge is 0.272 e. The van der Waals surface area contributed by atoms with Gasteiger partial charge < -0.3 is 0 Å². The monoisotopic (exact) mass is 227 g/mol. The molecular formula is C14H15N2O+. The molecule has 0 radical (unpaired) electrons. The van der Waals surface area contributed by atoms with E-state index in [9.17, 15) is 4.79 Å². The molecule has 1 heterocycles. The summed E-state index contributed by atoms with van der Waals surface area (Å²) in [5.74, 6) is 0.815. The van der Waals surface area contributed by atoms with Crippen LogP contribution < -0.4 is 10.3 Å². The summed E-state index contributed by atoms with van der Waals surface area (Å²) < 4.78 is 1.88. The quantitative estimate of drug-likeness (QED) is 0.640. The van der Waals surface area contributed by atoms with E-state index in [0.717, 1.165) is 5.56 Å². The molecule has 17 heavy (non-hydrogen) atoms. The molecule has 2 aromatic rings. The van der Waals surface area contributed by atoms with Crippen molar-refractivity contribution in [3.8, 4) is 0 Å². The second kappa shape index (κ2) is 5.25. The number of benzene rings is 1. The van der Waals surface area contributed by atoms with E-state index in [4.69, 9.17) is 5.73 Å². The number of anilines is 1. The van der Waals surface area contributed by atoms with Gasteiger partial charge in [-0.3, -0.25) is 10.5 Å². The van der Waals surface area contributed by atoms with E-state index < -0.39 is 0 Å². The number of aryl methyl sites for hydroxylation is 1. The number of nitrogens with two attached hydrogens (primary N) is 1. The molecule has 0 amide bonds. The van der Waals surface area contributed by atoms with Crippen molar-refractivity contribution >= 4 is 11.6 Å². The molecule has 0 aliphatic carbocycles. The third-order valence-electron chi connectivity index (χ3n) is 2.65. The van der Waals surface area contributed by atoms with Gasteiger partial charge in [0.15, 0.2) is 5.78 Å². The van der Waals surface area contributed by atoms with E-state index in [2.05, 4.69) is 0 Å². The molecule has 3 nitrogen and oxygen atoms in total. The Balaban J connectivity index is 2.00. The van der Waals surface area contributed by atoms with E-state index >= 15 is 0 Å². The second-order valence-corrected chi connectivity index (χ2v) is 3.86. The Kier molecular flexibility index (Phi) is 3.50. The second-order valence-electron chi connectivity index (χ2n) is 3.86. The first-order chi connectivity index (χ1) is 8.27. The number of hydrogen-bond acceptors (Lipinski definition) is 2. The van der Waals surface area contributed by atoms with Gasteiger partial charge in [-0.25, -0.2) is 4.57 Å². The average Bonchev–Trinajstić information content (AvgIpc) is 2.38. The normalized spacial score (nSPS) is 10.1. The maximum absolute atomic E-state index is 11.9. The first kappa shape index (κ1) is 11.3. The standard InChI is InChI=1S/C14H14N2O/c15-14-8-4-5-10-16(14)11-9-13(17)12-6-2-1-3-7-12/h1-8,10,15H,9,11H2/p+1. The molecule has 0 aliphatic heterocycles. The SMILES string of the molecule is Nc1cccc[n+]1CCC(=O)c1ccccc1. The summed E-state index contributed by atoms with van der Waals surface area (Å²) in [6, 6.07) is 14.9. The molecule has 0 saturated carbocycles. The van der Waals surface area contributed by atoms with Crippen LogP contribution in [0, 0.1) is 0 Å². The number of carbonyl (C=O) groups excluding carboxylic acids is 1. The molecule has 1 aromatic heterocycles. The van der Waals surface area contributed by atoms with E-state index in [-0.39, 0.29) is 5.78 Å². The summed E-state index contributed by atoms with van der Waals surface area (Å²) in [7, 11) is 0. The summed E-state index contributed by atoms with van der Waals surface area (Å²) >= 11 is 0. The fourth-order valence-corrected chi connectivity index (χ4v) is 1.68. The predicted octanol–water partition coefficient (Wildman–Crippen LogP) is 1.83. The minimum atomic E-state index is 0.140. The van der Waals surface area contributed by atoms with Crippen molar-refractivity contribution in [2.45, 2.75) is 13.0 Å². The van der Waals surface area contributed by atoms with Gasteiger partial charge in [0.2, 0.25) is 0 Å². The fourth-order valence-electron chi connectivity index (χ4n) is 1.68. The molecule has 1 aromatic carbocycles. The predicted molar refractivity (Wildman–Crippen MR) is 66.4 cm³/mol. The van der Waals surface area contributed by atoms with Crippen LogP contribution in [0.1, 0.15) is 16.8 Å². The van der Waals surface area contributed by atoms with Crippen molar-refractivity contribution in [3.05, 3.63) is 60.3 Å². The highest BCUT2D eigenvalue weighted by Gasteiger charge is 2.08. The van der Waals surface area contributed by atoms with E-state index in [1.54, 1.807) is 0 Å². The molecule has 0 bridgehead atoms. The lowest BCUT2D eigenvalue weighted by Crippen LogP contribution is -2.37. The topological polar surface area (TPSA) is 47.0 Å². The number of ketones is 1. The van der Waals surface area contributed by atoms with E-state index in [1.807, 2.05) is 59.3 Å². The van der Waals surface area contributed by atoms with Crippen molar-refractivity contribution in [1.82, 2.24) is 0 Å². The fraction of sp³-hybridized carbons (Fsp3) is 0.143. The van der Waals surface area contributed by atoms with Gasteiger partial charge in [-0.2, -0.15) is 0 Å². The van der Waals surface area contributed by atoms with Crippen LogP contribution in [0.15, 0.2) is 54.7 Å². The minimum absolute atomic E-state index is 0.140. The highest BCUT2D eigenvalue weighted by Crippen LogP contribution is 2.03. The van der Waals surface area contributed by atoms with Gasteiger partial charge >= 0.3 is 0 Å². The maximum Gasteiger partial charge on any atom is 0.272 e. The van der Waals surface area contributed by atoms with Gasteiger partial charge in [-0.05, 0) is 6.07 Å². The van der Waals surface area contributed by atoms with Gasteiger partial charge in [0.25, 0.3) is 5.82 Å². The third kappa shape index (κ3) is 2.91. The number of Topliss-reactive ketones (excluding diaryl/α,β-unsaturated/α-hetero) is 1. The van der Waals surface area contributed by atoms with Crippen LogP contribution >= 0.6 is 0 Å². The Morgan fingerprint density at radius 3 is 2.47 bits per heavy atom. The zero-order valence-corrected chi connectivity index (χ0v) is 9.54. The summed E-state index contributed by atoms with van der Waals surface area (Å²) in [4.78, 5) is 11.9. The highest BCUT2D eigenvalue weighted by atomic mass is 16.1. The van der Waals surface area contributed by atoms with Crippen molar-refractivity contribution in [2.24, 2.45) is 0 Å². The van der Waals surface area contributed by atoms with Crippen LogP contribution in [-0.4, -0.2) is 5.78 Å². The molecule has 86 valence electrons. The van der Waals surface area contributed by atoms with Crippen molar-refractivity contribution < 1.29 is 9.36 Å². The number of rotatable bonds is 4. The van der Waals surface area contributed by atoms with E-state index in [1.165, 1.54) is 0 Å². The number of nitrogen functional groups attached to an aromatic ring is 1. The van der Waals surface area contributed by atoms with Gasteiger partial charge in [0.1, 0.15) is 0 Å².